The molecule has 0 amide bonds. The minimum Gasteiger partial charge on any atom is -0.378 e. The van der Waals surface area contributed by atoms with Crippen LogP contribution in [0.3, 0.4) is 0 Å². The summed E-state index contributed by atoms with van der Waals surface area (Å²) in [7, 11) is -3.89. The van der Waals surface area contributed by atoms with Gasteiger partial charge in [-0.3, -0.25) is 0 Å². The monoisotopic (exact) mass is 564 g/mol. The summed E-state index contributed by atoms with van der Waals surface area (Å²) >= 11 is 1.53. The average Bonchev–Trinajstić information content (AvgIpc) is 3.52. The van der Waals surface area contributed by atoms with Crippen molar-refractivity contribution in [3.63, 3.8) is 0 Å². The summed E-state index contributed by atoms with van der Waals surface area (Å²) in [6.07, 6.45) is 2.18. The first kappa shape index (κ1) is 24.4. The van der Waals surface area contributed by atoms with Gasteiger partial charge >= 0.3 is 0 Å². The van der Waals surface area contributed by atoms with Gasteiger partial charge in [-0.05, 0) is 37.3 Å². The van der Waals surface area contributed by atoms with Crippen molar-refractivity contribution in [1.82, 2.24) is 18.9 Å². The van der Waals surface area contributed by atoms with E-state index in [1.165, 1.54) is 27.4 Å². The summed E-state index contributed by atoms with van der Waals surface area (Å²) in [5.74, 6) is 0.134. The molecule has 5 aromatic rings. The molecule has 2 aliphatic heterocycles. The molecular formula is C27H25FN6O3S2. The lowest BCUT2D eigenvalue weighted by molar-refractivity contribution is 0.122. The highest BCUT2D eigenvalue weighted by Gasteiger charge is 2.31. The first-order chi connectivity index (χ1) is 18.9. The van der Waals surface area contributed by atoms with E-state index in [1.807, 2.05) is 11.8 Å². The van der Waals surface area contributed by atoms with Crippen molar-refractivity contribution >= 4 is 53.7 Å². The zero-order valence-electron chi connectivity index (χ0n) is 21.2. The third kappa shape index (κ3) is 4.14. The van der Waals surface area contributed by atoms with Gasteiger partial charge in [-0.25, -0.2) is 26.7 Å². The Morgan fingerprint density at radius 2 is 1.79 bits per heavy atom. The SMILES string of the molecule is Cc1ccc(S(=O)(=O)n2c3c(c4cc(F)ccc42)CN(c2ncc4nc(N5CCOCC5)sc4n2)CC3)cc1. The van der Waals surface area contributed by atoms with Gasteiger partial charge in [-0.1, -0.05) is 29.0 Å². The van der Waals surface area contributed by atoms with Crippen LogP contribution in [0.1, 0.15) is 16.8 Å². The fourth-order valence-corrected chi connectivity index (χ4v) is 7.87. The fraction of sp³-hybridized carbons (Fsp3) is 0.296. The number of fused-ring (bicyclic) bond motifs is 4. The maximum Gasteiger partial charge on any atom is 0.268 e. The molecule has 5 heterocycles. The smallest absolute Gasteiger partial charge is 0.268 e. The minimum absolute atomic E-state index is 0.203. The molecular weight excluding hydrogens is 539 g/mol. The van der Waals surface area contributed by atoms with Crippen molar-refractivity contribution in [3.05, 3.63) is 71.3 Å². The molecule has 0 radical (unpaired) electrons. The normalized spacial score (nSPS) is 16.3. The van der Waals surface area contributed by atoms with Crippen LogP contribution in [0.5, 0.6) is 0 Å². The lowest BCUT2D eigenvalue weighted by Crippen LogP contribution is -2.36. The first-order valence-electron chi connectivity index (χ1n) is 12.7. The molecule has 9 nitrogen and oxygen atoms in total. The summed E-state index contributed by atoms with van der Waals surface area (Å²) in [6.45, 7) is 5.74. The van der Waals surface area contributed by atoms with Crippen molar-refractivity contribution in [3.8, 4) is 0 Å². The summed E-state index contributed by atoms with van der Waals surface area (Å²) in [5, 5.41) is 1.49. The number of morpholine rings is 1. The van der Waals surface area contributed by atoms with Crippen LogP contribution in [0.2, 0.25) is 0 Å². The maximum atomic E-state index is 14.4. The Labute approximate surface area is 228 Å². The van der Waals surface area contributed by atoms with Gasteiger partial charge in [-0.2, -0.15) is 4.98 Å². The second-order valence-corrected chi connectivity index (χ2v) is 12.5. The van der Waals surface area contributed by atoms with Crippen molar-refractivity contribution in [2.24, 2.45) is 0 Å². The molecule has 0 saturated carbocycles. The second kappa shape index (κ2) is 9.25. The number of hydrogen-bond donors (Lipinski definition) is 0. The lowest BCUT2D eigenvalue weighted by atomic mass is 10.0. The van der Waals surface area contributed by atoms with Crippen LogP contribution < -0.4 is 9.80 Å². The number of rotatable bonds is 4. The van der Waals surface area contributed by atoms with Crippen LogP contribution in [0.4, 0.5) is 15.5 Å². The molecule has 0 N–H and O–H groups in total. The standard InChI is InChI=1S/C27H25FN6O3S2/c1-17-2-5-19(6-3-17)39(35,36)34-23-7-4-18(28)14-20(23)21-16-33(9-8-24(21)34)26-29-15-22-25(31-26)38-27(30-22)32-10-12-37-13-11-32/h2-7,14-15H,8-13,16H2,1H3. The van der Waals surface area contributed by atoms with Crippen LogP contribution in [0.25, 0.3) is 21.3 Å². The van der Waals surface area contributed by atoms with Gasteiger partial charge in [0.25, 0.3) is 10.0 Å². The quantitative estimate of drug-likeness (QED) is 0.322. The Kier molecular flexibility index (Phi) is 5.79. The van der Waals surface area contributed by atoms with E-state index in [2.05, 4.69) is 9.88 Å². The van der Waals surface area contributed by atoms with E-state index in [-0.39, 0.29) is 4.90 Å². The molecule has 0 atom stereocenters. The number of nitrogens with zero attached hydrogens (tertiary/aromatic N) is 6. The first-order valence-corrected chi connectivity index (χ1v) is 15.0. The Morgan fingerprint density at radius 3 is 2.59 bits per heavy atom. The van der Waals surface area contributed by atoms with Crippen molar-refractivity contribution < 1.29 is 17.5 Å². The zero-order valence-corrected chi connectivity index (χ0v) is 22.8. The fourth-order valence-electron chi connectivity index (χ4n) is 5.31. The summed E-state index contributed by atoms with van der Waals surface area (Å²) in [4.78, 5) is 19.3. The molecule has 0 aliphatic carbocycles. The highest BCUT2D eigenvalue weighted by Crippen LogP contribution is 2.36. The second-order valence-electron chi connectivity index (χ2n) is 9.80. The van der Waals surface area contributed by atoms with E-state index in [0.717, 1.165) is 39.7 Å². The van der Waals surface area contributed by atoms with Crippen molar-refractivity contribution in [1.29, 1.82) is 0 Å². The number of thiazole rings is 1. The van der Waals surface area contributed by atoms with E-state index >= 15 is 0 Å². The molecule has 39 heavy (non-hydrogen) atoms. The molecule has 1 fully saturated rings. The Morgan fingerprint density at radius 1 is 1.00 bits per heavy atom. The van der Waals surface area contributed by atoms with E-state index in [0.29, 0.717) is 55.3 Å². The Balaban J connectivity index is 1.28. The molecule has 200 valence electrons. The topological polar surface area (TPSA) is 93.5 Å². The summed E-state index contributed by atoms with van der Waals surface area (Å²) < 4.78 is 48.9. The van der Waals surface area contributed by atoms with E-state index < -0.39 is 15.8 Å². The largest absolute Gasteiger partial charge is 0.378 e. The van der Waals surface area contributed by atoms with Crippen LogP contribution in [0, 0.1) is 12.7 Å². The van der Waals surface area contributed by atoms with Gasteiger partial charge < -0.3 is 14.5 Å². The molecule has 2 aromatic carbocycles. The van der Waals surface area contributed by atoms with Crippen molar-refractivity contribution in [2.45, 2.75) is 24.8 Å². The Bertz CT molecular complexity index is 1830. The number of hydrogen-bond acceptors (Lipinski definition) is 9. The van der Waals surface area contributed by atoms with Crippen LogP contribution >= 0.6 is 11.3 Å². The molecule has 7 rings (SSSR count). The Hall–Kier alpha value is -3.61. The van der Waals surface area contributed by atoms with Crippen LogP contribution in [-0.2, 0) is 27.7 Å². The molecule has 3 aromatic heterocycles. The summed E-state index contributed by atoms with van der Waals surface area (Å²) in [5.41, 5.74) is 3.62. The molecule has 1 saturated heterocycles. The van der Waals surface area contributed by atoms with E-state index in [9.17, 15) is 12.8 Å². The number of anilines is 2. The van der Waals surface area contributed by atoms with Gasteiger partial charge in [0.15, 0.2) is 9.96 Å². The lowest BCUT2D eigenvalue weighted by Gasteiger charge is -2.28. The highest BCUT2D eigenvalue weighted by molar-refractivity contribution is 7.90. The number of benzene rings is 2. The van der Waals surface area contributed by atoms with Gasteiger partial charge in [-0.15, -0.1) is 0 Å². The number of ether oxygens (including phenoxy) is 1. The van der Waals surface area contributed by atoms with E-state index in [4.69, 9.17) is 14.7 Å². The summed E-state index contributed by atoms with van der Waals surface area (Å²) in [6, 6.07) is 11.1. The van der Waals surface area contributed by atoms with Gasteiger partial charge in [0.2, 0.25) is 5.95 Å². The van der Waals surface area contributed by atoms with Crippen LogP contribution in [0.15, 0.2) is 53.6 Å². The zero-order chi connectivity index (χ0) is 26.7. The predicted octanol–water partition coefficient (Wildman–Crippen LogP) is 4.12. The third-order valence-electron chi connectivity index (χ3n) is 7.31. The molecule has 0 spiro atoms. The number of aromatic nitrogens is 4. The predicted molar refractivity (Wildman–Crippen MR) is 149 cm³/mol. The highest BCUT2D eigenvalue weighted by atomic mass is 32.2. The molecule has 12 heteroatoms. The van der Waals surface area contributed by atoms with Crippen LogP contribution in [-0.4, -0.2) is 60.2 Å². The minimum atomic E-state index is -3.89. The average molecular weight is 565 g/mol. The van der Waals surface area contributed by atoms with Gasteiger partial charge in [0, 0.05) is 49.2 Å². The maximum absolute atomic E-state index is 14.4. The molecule has 0 unspecified atom stereocenters. The number of aryl methyl sites for hydroxylation is 1. The van der Waals surface area contributed by atoms with Crippen molar-refractivity contribution in [2.75, 3.05) is 42.6 Å². The number of halogens is 1. The van der Waals surface area contributed by atoms with Gasteiger partial charge in [0.05, 0.1) is 29.8 Å². The molecule has 0 bridgehead atoms. The third-order valence-corrected chi connectivity index (χ3v) is 10.1. The van der Waals surface area contributed by atoms with E-state index in [1.54, 1.807) is 36.5 Å². The molecule has 2 aliphatic rings. The van der Waals surface area contributed by atoms with Gasteiger partial charge in [0.1, 0.15) is 11.3 Å².